The molecule has 146 valence electrons. The quantitative estimate of drug-likeness (QED) is 0.545. The van der Waals surface area contributed by atoms with E-state index in [2.05, 4.69) is 35.9 Å². The van der Waals surface area contributed by atoms with E-state index in [0.29, 0.717) is 12.6 Å². The second kappa shape index (κ2) is 9.23. The van der Waals surface area contributed by atoms with Crippen LogP contribution in [-0.4, -0.2) is 30.5 Å². The highest BCUT2D eigenvalue weighted by atomic mass is 16.5. The normalized spacial score (nSPS) is 15.1. The Bertz CT molecular complexity index is 773. The number of Topliss-reactive ketones (excluding diaryl/α,β-unsaturated/α-hetero) is 1. The number of ether oxygens (including phenoxy) is 1. The zero-order valence-electron chi connectivity index (χ0n) is 16.9. The first-order valence-corrected chi connectivity index (χ1v) is 10.2. The van der Waals surface area contributed by atoms with Crippen LogP contribution in [0.2, 0.25) is 0 Å². The Morgan fingerprint density at radius 1 is 1.19 bits per heavy atom. The Labute approximate surface area is 162 Å². The maximum atomic E-state index is 12.7. The van der Waals surface area contributed by atoms with Gasteiger partial charge in [0, 0.05) is 23.0 Å². The number of carbonyl (C=O) groups excluding carboxylic acids is 1. The molecule has 0 unspecified atom stereocenters. The fourth-order valence-corrected chi connectivity index (χ4v) is 4.32. The fourth-order valence-electron chi connectivity index (χ4n) is 4.32. The van der Waals surface area contributed by atoms with Crippen molar-refractivity contribution < 1.29 is 9.53 Å². The summed E-state index contributed by atoms with van der Waals surface area (Å²) in [5.41, 5.74) is 4.45. The van der Waals surface area contributed by atoms with E-state index in [0.717, 1.165) is 30.0 Å². The Hall–Kier alpha value is -2.07. The molecule has 0 spiro atoms. The monoisotopic (exact) mass is 368 g/mol. The second-order valence-electron chi connectivity index (χ2n) is 7.65. The van der Waals surface area contributed by atoms with E-state index in [4.69, 9.17) is 4.74 Å². The van der Waals surface area contributed by atoms with Crippen LogP contribution < -0.4 is 10.1 Å². The van der Waals surface area contributed by atoms with Crippen LogP contribution in [0.4, 0.5) is 0 Å². The topological polar surface area (TPSA) is 43.3 Å². The lowest BCUT2D eigenvalue weighted by molar-refractivity contribution is 0.0990. The number of nitrogens with zero attached hydrogens (tertiary/aromatic N) is 1. The Kier molecular flexibility index (Phi) is 6.73. The molecule has 4 heteroatoms. The number of hydrogen-bond acceptors (Lipinski definition) is 3. The van der Waals surface area contributed by atoms with Gasteiger partial charge in [0.05, 0.1) is 13.7 Å². The summed E-state index contributed by atoms with van der Waals surface area (Å²) in [5.74, 6) is 1.06. The van der Waals surface area contributed by atoms with Crippen molar-refractivity contribution in [1.82, 2.24) is 9.88 Å². The molecule has 3 rings (SSSR count). The Morgan fingerprint density at radius 2 is 1.96 bits per heavy atom. The number of hydrogen-bond donors (Lipinski definition) is 1. The molecule has 1 aliphatic carbocycles. The molecule has 1 saturated carbocycles. The van der Waals surface area contributed by atoms with E-state index in [1.165, 1.54) is 43.4 Å². The van der Waals surface area contributed by atoms with Gasteiger partial charge in [-0.15, -0.1) is 0 Å². The van der Waals surface area contributed by atoms with Crippen LogP contribution >= 0.6 is 0 Å². The first kappa shape index (κ1) is 19.7. The maximum Gasteiger partial charge on any atom is 0.178 e. The molecule has 27 heavy (non-hydrogen) atoms. The molecule has 0 bridgehead atoms. The van der Waals surface area contributed by atoms with Gasteiger partial charge in [-0.1, -0.05) is 31.4 Å². The van der Waals surface area contributed by atoms with Crippen LogP contribution in [-0.2, 0) is 6.42 Å². The zero-order valence-corrected chi connectivity index (χ0v) is 16.9. The third kappa shape index (κ3) is 4.81. The summed E-state index contributed by atoms with van der Waals surface area (Å²) >= 11 is 0. The first-order chi connectivity index (χ1) is 13.1. The van der Waals surface area contributed by atoms with Gasteiger partial charge < -0.3 is 14.6 Å². The molecule has 1 fully saturated rings. The summed E-state index contributed by atoms with van der Waals surface area (Å²) in [6.45, 7) is 5.40. The summed E-state index contributed by atoms with van der Waals surface area (Å²) in [6.07, 6.45) is 7.31. The molecule has 1 N–H and O–H groups in total. The van der Waals surface area contributed by atoms with Gasteiger partial charge in [-0.3, -0.25) is 4.79 Å². The molecule has 0 atom stereocenters. The van der Waals surface area contributed by atoms with Gasteiger partial charge in [0.1, 0.15) is 5.75 Å². The second-order valence-corrected chi connectivity index (χ2v) is 7.65. The molecule has 4 nitrogen and oxygen atoms in total. The van der Waals surface area contributed by atoms with Crippen LogP contribution in [0.3, 0.4) is 0 Å². The summed E-state index contributed by atoms with van der Waals surface area (Å²) in [4.78, 5) is 12.7. The highest BCUT2D eigenvalue weighted by Gasteiger charge is 2.22. The number of aryl methyl sites for hydroxylation is 1. The minimum absolute atomic E-state index is 0.191. The van der Waals surface area contributed by atoms with Crippen molar-refractivity contribution in [3.63, 3.8) is 0 Å². The summed E-state index contributed by atoms with van der Waals surface area (Å²) in [6, 6.07) is 10.7. The van der Waals surface area contributed by atoms with Gasteiger partial charge in [0.2, 0.25) is 0 Å². The van der Waals surface area contributed by atoms with Gasteiger partial charge in [-0.05, 0) is 63.4 Å². The number of nitrogens with one attached hydrogen (secondary N) is 1. The third-order valence-corrected chi connectivity index (χ3v) is 5.73. The van der Waals surface area contributed by atoms with E-state index < -0.39 is 0 Å². The molecule has 1 aliphatic rings. The van der Waals surface area contributed by atoms with Crippen LogP contribution in [0.5, 0.6) is 5.75 Å². The van der Waals surface area contributed by atoms with Crippen molar-refractivity contribution in [1.29, 1.82) is 0 Å². The lowest BCUT2D eigenvalue weighted by Gasteiger charge is -2.26. The van der Waals surface area contributed by atoms with Gasteiger partial charge in [-0.25, -0.2) is 0 Å². The Balaban J connectivity index is 1.55. The predicted octanol–water partition coefficient (Wildman–Crippen LogP) is 4.63. The van der Waals surface area contributed by atoms with Crippen molar-refractivity contribution >= 4 is 5.78 Å². The van der Waals surface area contributed by atoms with Crippen molar-refractivity contribution in [2.75, 3.05) is 20.2 Å². The lowest BCUT2D eigenvalue weighted by Crippen LogP contribution is -2.25. The van der Waals surface area contributed by atoms with E-state index in [-0.39, 0.29) is 5.78 Å². The molecule has 1 aromatic carbocycles. The van der Waals surface area contributed by atoms with Gasteiger partial charge in [0.15, 0.2) is 5.78 Å². The predicted molar refractivity (Wildman–Crippen MR) is 110 cm³/mol. The van der Waals surface area contributed by atoms with Crippen LogP contribution in [0.25, 0.3) is 0 Å². The fraction of sp³-hybridized carbons (Fsp3) is 0.522. The number of benzene rings is 1. The van der Waals surface area contributed by atoms with Gasteiger partial charge in [-0.2, -0.15) is 0 Å². The molecule has 0 saturated heterocycles. The van der Waals surface area contributed by atoms with Crippen molar-refractivity contribution in [2.24, 2.45) is 0 Å². The van der Waals surface area contributed by atoms with Crippen LogP contribution in [0, 0.1) is 13.8 Å². The largest absolute Gasteiger partial charge is 0.497 e. The summed E-state index contributed by atoms with van der Waals surface area (Å²) in [7, 11) is 1.68. The number of ketones is 1. The molecule has 0 radical (unpaired) electrons. The number of aromatic nitrogens is 1. The molecule has 0 aliphatic heterocycles. The third-order valence-electron chi connectivity index (χ3n) is 5.73. The highest BCUT2D eigenvalue weighted by molar-refractivity contribution is 5.99. The van der Waals surface area contributed by atoms with E-state index in [1.54, 1.807) is 7.11 Å². The smallest absolute Gasteiger partial charge is 0.178 e. The minimum Gasteiger partial charge on any atom is -0.497 e. The zero-order chi connectivity index (χ0) is 19.2. The minimum atomic E-state index is 0.191. The molecule has 1 aromatic heterocycles. The van der Waals surface area contributed by atoms with E-state index in [1.807, 2.05) is 18.2 Å². The SMILES string of the molecule is COc1cccc(CCNCC(=O)c2cc(C)n(C3CCCCC3)c2C)c1. The van der Waals surface area contributed by atoms with Crippen LogP contribution in [0.15, 0.2) is 30.3 Å². The average molecular weight is 369 g/mol. The first-order valence-electron chi connectivity index (χ1n) is 10.2. The average Bonchev–Trinajstić information content (AvgIpc) is 3.00. The molecule has 1 heterocycles. The lowest BCUT2D eigenvalue weighted by atomic mass is 9.95. The van der Waals surface area contributed by atoms with Crippen molar-refractivity contribution in [2.45, 2.75) is 58.4 Å². The van der Waals surface area contributed by atoms with E-state index in [9.17, 15) is 4.79 Å². The van der Waals surface area contributed by atoms with Gasteiger partial charge >= 0.3 is 0 Å². The number of carbonyl (C=O) groups is 1. The van der Waals surface area contributed by atoms with Gasteiger partial charge in [0.25, 0.3) is 0 Å². The number of rotatable bonds is 8. The maximum absolute atomic E-state index is 12.7. The highest BCUT2D eigenvalue weighted by Crippen LogP contribution is 2.32. The molecular formula is C23H32N2O2. The number of methoxy groups -OCH3 is 1. The molecule has 0 amide bonds. The van der Waals surface area contributed by atoms with E-state index >= 15 is 0 Å². The molecular weight excluding hydrogens is 336 g/mol. The van der Waals surface area contributed by atoms with Crippen molar-refractivity contribution in [3.8, 4) is 5.75 Å². The van der Waals surface area contributed by atoms with Crippen LogP contribution in [0.1, 0.15) is 65.5 Å². The standard InChI is InChI=1S/C23H32N2O2/c1-17-14-22(18(2)25(17)20-9-5-4-6-10-20)23(26)16-24-13-12-19-8-7-11-21(15-19)27-3/h7-8,11,14-15,20,24H,4-6,9-10,12-13,16H2,1-3H3. The summed E-state index contributed by atoms with van der Waals surface area (Å²) < 4.78 is 7.66. The molecule has 2 aromatic rings. The summed E-state index contributed by atoms with van der Waals surface area (Å²) in [5, 5.41) is 3.31. The Morgan fingerprint density at radius 3 is 2.70 bits per heavy atom. The van der Waals surface area contributed by atoms with Crippen molar-refractivity contribution in [3.05, 3.63) is 52.8 Å².